The molecular formula is C10H20ClN. The summed E-state index contributed by atoms with van der Waals surface area (Å²) in [5.41, 5.74) is 0.935. The van der Waals surface area contributed by atoms with Crippen molar-refractivity contribution in [1.82, 2.24) is 5.32 Å². The first-order chi connectivity index (χ1) is 5.02. The average Bonchev–Trinajstić information content (AvgIpc) is 2.09. The second-order valence-electron chi connectivity index (χ2n) is 5.04. The Morgan fingerprint density at radius 1 is 1.08 bits per heavy atom. The van der Waals surface area contributed by atoms with Crippen LogP contribution in [0.3, 0.4) is 0 Å². The highest BCUT2D eigenvalue weighted by atomic mass is 35.5. The molecule has 0 heterocycles. The van der Waals surface area contributed by atoms with Crippen molar-refractivity contribution in [3.63, 3.8) is 0 Å². The zero-order valence-electron chi connectivity index (χ0n) is 8.48. The number of hydrogen-bond acceptors (Lipinski definition) is 1. The molecule has 3 aliphatic rings. The fourth-order valence-corrected chi connectivity index (χ4v) is 3.15. The Labute approximate surface area is 81.7 Å². The molecule has 0 aromatic carbocycles. The van der Waals surface area contributed by atoms with E-state index in [1.54, 1.807) is 0 Å². The van der Waals surface area contributed by atoms with Crippen molar-refractivity contribution in [2.45, 2.75) is 39.2 Å². The third kappa shape index (κ3) is 0.843. The zero-order valence-corrected chi connectivity index (χ0v) is 9.29. The van der Waals surface area contributed by atoms with Gasteiger partial charge in [-0.25, -0.2) is 0 Å². The Bertz CT molecular complexity index is 184. The molecular weight excluding hydrogens is 170 g/mol. The lowest BCUT2D eigenvalue weighted by atomic mass is 9.75. The van der Waals surface area contributed by atoms with E-state index >= 15 is 0 Å². The van der Waals surface area contributed by atoms with Gasteiger partial charge in [-0.05, 0) is 44.1 Å². The maximum atomic E-state index is 3.52. The fourth-order valence-electron chi connectivity index (χ4n) is 3.15. The van der Waals surface area contributed by atoms with Crippen molar-refractivity contribution < 1.29 is 0 Å². The molecule has 3 fully saturated rings. The van der Waals surface area contributed by atoms with Crippen LogP contribution in [0.5, 0.6) is 0 Å². The van der Waals surface area contributed by atoms with Gasteiger partial charge in [0, 0.05) is 5.54 Å². The largest absolute Gasteiger partial charge is 0.314 e. The normalized spacial score (nSPS) is 48.0. The standard InChI is InChI=1S/C10H19N.ClH/c1-9(2)7-5-8(6-7)10(9,3)11-4;/h7-8,11H,5-6H2,1-4H3;1H. The molecule has 2 bridgehead atoms. The maximum absolute atomic E-state index is 3.52. The molecule has 0 amide bonds. The molecule has 1 unspecified atom stereocenters. The van der Waals surface area contributed by atoms with Crippen LogP contribution in [0.25, 0.3) is 0 Å². The molecule has 0 aliphatic heterocycles. The predicted octanol–water partition coefficient (Wildman–Crippen LogP) is 2.45. The first-order valence-corrected chi connectivity index (χ1v) is 4.71. The summed E-state index contributed by atoms with van der Waals surface area (Å²) < 4.78 is 0. The number of rotatable bonds is 1. The molecule has 0 spiro atoms. The van der Waals surface area contributed by atoms with Crippen molar-refractivity contribution >= 4 is 12.4 Å². The number of halogens is 1. The van der Waals surface area contributed by atoms with Gasteiger partial charge in [0.25, 0.3) is 0 Å². The summed E-state index contributed by atoms with van der Waals surface area (Å²) in [5, 5.41) is 3.52. The van der Waals surface area contributed by atoms with Gasteiger partial charge in [-0.1, -0.05) is 13.8 Å². The lowest BCUT2D eigenvalue weighted by Crippen LogP contribution is -2.50. The van der Waals surface area contributed by atoms with Crippen LogP contribution in [-0.4, -0.2) is 12.6 Å². The molecule has 3 rings (SSSR count). The van der Waals surface area contributed by atoms with Crippen LogP contribution in [0.15, 0.2) is 0 Å². The van der Waals surface area contributed by atoms with E-state index in [2.05, 4.69) is 33.1 Å². The topological polar surface area (TPSA) is 12.0 Å². The van der Waals surface area contributed by atoms with Gasteiger partial charge in [0.15, 0.2) is 0 Å². The van der Waals surface area contributed by atoms with E-state index in [4.69, 9.17) is 0 Å². The molecule has 12 heavy (non-hydrogen) atoms. The number of hydrogen-bond donors (Lipinski definition) is 1. The summed E-state index contributed by atoms with van der Waals surface area (Å²) >= 11 is 0. The van der Waals surface area contributed by atoms with Crippen molar-refractivity contribution in [3.05, 3.63) is 0 Å². The van der Waals surface area contributed by atoms with Crippen LogP contribution in [0.2, 0.25) is 0 Å². The van der Waals surface area contributed by atoms with Crippen LogP contribution in [0, 0.1) is 17.3 Å². The fraction of sp³-hybridized carbons (Fsp3) is 1.00. The van der Waals surface area contributed by atoms with Crippen molar-refractivity contribution in [2.24, 2.45) is 17.3 Å². The summed E-state index contributed by atoms with van der Waals surface area (Å²) in [6.45, 7) is 7.23. The van der Waals surface area contributed by atoms with Crippen molar-refractivity contribution in [3.8, 4) is 0 Å². The quantitative estimate of drug-likeness (QED) is 0.669. The van der Waals surface area contributed by atoms with Gasteiger partial charge in [0.1, 0.15) is 0 Å². The van der Waals surface area contributed by atoms with Gasteiger partial charge in [0.2, 0.25) is 0 Å². The summed E-state index contributed by atoms with van der Waals surface area (Å²) in [5.74, 6) is 1.94. The second kappa shape index (κ2) is 2.62. The van der Waals surface area contributed by atoms with Gasteiger partial charge in [0.05, 0.1) is 0 Å². The Kier molecular flexibility index (Phi) is 2.25. The Hall–Kier alpha value is 0.250. The molecule has 0 aromatic rings. The minimum absolute atomic E-state index is 0. The molecule has 72 valence electrons. The molecule has 2 heteroatoms. The number of nitrogens with one attached hydrogen (secondary N) is 1. The lowest BCUT2D eigenvalue weighted by Gasteiger charge is -2.38. The predicted molar refractivity (Wildman–Crippen MR) is 54.7 cm³/mol. The molecule has 0 radical (unpaired) electrons. The van der Waals surface area contributed by atoms with Crippen LogP contribution in [0.4, 0.5) is 0 Å². The third-order valence-corrected chi connectivity index (χ3v) is 4.83. The lowest BCUT2D eigenvalue weighted by molar-refractivity contribution is 0.179. The Balaban J connectivity index is 0.000000720. The van der Waals surface area contributed by atoms with Gasteiger partial charge < -0.3 is 5.32 Å². The minimum atomic E-state index is 0. The van der Waals surface area contributed by atoms with Crippen molar-refractivity contribution in [1.29, 1.82) is 0 Å². The van der Waals surface area contributed by atoms with Gasteiger partial charge in [-0.15, -0.1) is 12.4 Å². The van der Waals surface area contributed by atoms with Gasteiger partial charge >= 0.3 is 0 Å². The minimum Gasteiger partial charge on any atom is -0.314 e. The molecule has 3 aliphatic carbocycles. The molecule has 0 saturated heterocycles. The van der Waals surface area contributed by atoms with Crippen molar-refractivity contribution in [2.75, 3.05) is 7.05 Å². The highest BCUT2D eigenvalue weighted by Crippen LogP contribution is 2.64. The van der Waals surface area contributed by atoms with Crippen LogP contribution in [0.1, 0.15) is 33.6 Å². The molecule has 1 nitrogen and oxygen atoms in total. The number of fused-ring (bicyclic) bond motifs is 1. The highest BCUT2D eigenvalue weighted by molar-refractivity contribution is 5.85. The van der Waals surface area contributed by atoms with E-state index in [9.17, 15) is 0 Å². The van der Waals surface area contributed by atoms with Crippen LogP contribution < -0.4 is 5.32 Å². The van der Waals surface area contributed by atoms with E-state index < -0.39 is 0 Å². The Morgan fingerprint density at radius 2 is 1.58 bits per heavy atom. The summed E-state index contributed by atoms with van der Waals surface area (Å²) in [6.07, 6.45) is 2.93. The summed E-state index contributed by atoms with van der Waals surface area (Å²) in [6, 6.07) is 0. The SMILES string of the molecule is CNC1(C)C2CC(C2)C1(C)C.Cl. The Morgan fingerprint density at radius 3 is 1.75 bits per heavy atom. The zero-order chi connectivity index (χ0) is 8.28. The smallest absolute Gasteiger partial charge is 0.0232 e. The first kappa shape index (κ1) is 10.3. The van der Waals surface area contributed by atoms with E-state index in [0.717, 1.165) is 11.8 Å². The van der Waals surface area contributed by atoms with E-state index in [0.29, 0.717) is 11.0 Å². The summed E-state index contributed by atoms with van der Waals surface area (Å²) in [7, 11) is 2.11. The highest BCUT2D eigenvalue weighted by Gasteiger charge is 2.63. The van der Waals surface area contributed by atoms with E-state index in [-0.39, 0.29) is 12.4 Å². The molecule has 3 saturated carbocycles. The van der Waals surface area contributed by atoms with Gasteiger partial charge in [-0.3, -0.25) is 0 Å². The molecule has 1 atom stereocenters. The third-order valence-electron chi connectivity index (χ3n) is 4.83. The van der Waals surface area contributed by atoms with Gasteiger partial charge in [-0.2, -0.15) is 0 Å². The first-order valence-electron chi connectivity index (χ1n) is 4.71. The van der Waals surface area contributed by atoms with E-state index in [1.807, 2.05) is 0 Å². The molecule has 0 aromatic heterocycles. The average molecular weight is 190 g/mol. The van der Waals surface area contributed by atoms with Crippen LogP contribution >= 0.6 is 12.4 Å². The second-order valence-corrected chi connectivity index (χ2v) is 5.04. The maximum Gasteiger partial charge on any atom is 0.0232 e. The van der Waals surface area contributed by atoms with Crippen LogP contribution in [-0.2, 0) is 0 Å². The summed E-state index contributed by atoms with van der Waals surface area (Å²) in [4.78, 5) is 0. The van der Waals surface area contributed by atoms with E-state index in [1.165, 1.54) is 12.8 Å². The molecule has 1 N–H and O–H groups in total. The monoisotopic (exact) mass is 189 g/mol.